The van der Waals surface area contributed by atoms with Crippen LogP contribution in [0.3, 0.4) is 0 Å². The molecule has 0 bridgehead atoms. The summed E-state index contributed by atoms with van der Waals surface area (Å²) in [4.78, 5) is 30.3. The summed E-state index contributed by atoms with van der Waals surface area (Å²) < 4.78 is 0. The van der Waals surface area contributed by atoms with Crippen molar-refractivity contribution in [2.75, 3.05) is 57.8 Å². The number of likely N-dealkylation sites (N-methyl/N-ethyl adjacent to an activating group) is 1. The number of carbonyl (C=O) groups is 2. The standard InChI is InChI=1S/C21H30N4O2/c1-23-14-16-24(17-15-23)12-3-11-22-20(26)10-7-18-5-8-19(9-6-18)25-13-2-4-21(25)27/h5-10H,2-4,11-17H2,1H3,(H,22,26)/b10-7+. The zero-order valence-corrected chi connectivity index (χ0v) is 16.2. The average Bonchev–Trinajstić information content (AvgIpc) is 3.11. The minimum Gasteiger partial charge on any atom is -0.353 e. The van der Waals surface area contributed by atoms with Crippen LogP contribution in [-0.4, -0.2) is 74.5 Å². The second-order valence-corrected chi connectivity index (χ2v) is 7.36. The molecule has 27 heavy (non-hydrogen) atoms. The predicted molar refractivity (Wildman–Crippen MR) is 109 cm³/mol. The summed E-state index contributed by atoms with van der Waals surface area (Å²) in [5.41, 5.74) is 1.89. The lowest BCUT2D eigenvalue weighted by Crippen LogP contribution is -2.45. The van der Waals surface area contributed by atoms with Crippen LogP contribution in [-0.2, 0) is 9.59 Å². The van der Waals surface area contributed by atoms with Gasteiger partial charge in [0.2, 0.25) is 11.8 Å². The smallest absolute Gasteiger partial charge is 0.243 e. The monoisotopic (exact) mass is 370 g/mol. The van der Waals surface area contributed by atoms with Gasteiger partial charge in [0.15, 0.2) is 0 Å². The predicted octanol–water partition coefficient (Wildman–Crippen LogP) is 1.58. The first-order valence-electron chi connectivity index (χ1n) is 9.89. The van der Waals surface area contributed by atoms with E-state index in [4.69, 9.17) is 0 Å². The summed E-state index contributed by atoms with van der Waals surface area (Å²) in [7, 11) is 2.16. The summed E-state index contributed by atoms with van der Waals surface area (Å²) in [6.45, 7) is 7.01. The maximum atomic E-state index is 12.0. The molecule has 2 aliphatic heterocycles. The van der Waals surface area contributed by atoms with Crippen molar-refractivity contribution >= 4 is 23.6 Å². The molecule has 6 heteroatoms. The number of carbonyl (C=O) groups excluding carboxylic acids is 2. The lowest BCUT2D eigenvalue weighted by Gasteiger charge is -2.32. The highest BCUT2D eigenvalue weighted by atomic mass is 16.2. The lowest BCUT2D eigenvalue weighted by molar-refractivity contribution is -0.117. The van der Waals surface area contributed by atoms with Gasteiger partial charge in [-0.05, 0) is 50.2 Å². The summed E-state index contributed by atoms with van der Waals surface area (Å²) in [5.74, 6) is 0.126. The van der Waals surface area contributed by atoms with E-state index in [-0.39, 0.29) is 11.8 Å². The van der Waals surface area contributed by atoms with Gasteiger partial charge in [0.05, 0.1) is 0 Å². The molecule has 2 fully saturated rings. The van der Waals surface area contributed by atoms with Gasteiger partial charge in [-0.2, -0.15) is 0 Å². The number of anilines is 1. The first-order chi connectivity index (χ1) is 13.1. The molecular weight excluding hydrogens is 340 g/mol. The highest BCUT2D eigenvalue weighted by molar-refractivity contribution is 5.95. The maximum absolute atomic E-state index is 12.0. The molecule has 2 aliphatic rings. The Hall–Kier alpha value is -2.18. The fourth-order valence-electron chi connectivity index (χ4n) is 3.50. The molecule has 3 rings (SSSR count). The molecule has 0 aromatic heterocycles. The van der Waals surface area contributed by atoms with Crippen molar-refractivity contribution in [3.63, 3.8) is 0 Å². The van der Waals surface area contributed by atoms with Crippen molar-refractivity contribution in [1.82, 2.24) is 15.1 Å². The van der Waals surface area contributed by atoms with E-state index >= 15 is 0 Å². The molecule has 0 atom stereocenters. The molecule has 1 aromatic rings. The number of rotatable bonds is 7. The second kappa shape index (κ2) is 9.67. The SMILES string of the molecule is CN1CCN(CCCNC(=O)/C=C/c2ccc(N3CCCC3=O)cc2)CC1. The highest BCUT2D eigenvalue weighted by Crippen LogP contribution is 2.21. The molecule has 1 aromatic carbocycles. The van der Waals surface area contributed by atoms with E-state index in [2.05, 4.69) is 22.2 Å². The van der Waals surface area contributed by atoms with Crippen LogP contribution in [0.15, 0.2) is 30.3 Å². The summed E-state index contributed by atoms with van der Waals surface area (Å²) in [5, 5.41) is 2.95. The van der Waals surface area contributed by atoms with Crippen LogP contribution >= 0.6 is 0 Å². The van der Waals surface area contributed by atoms with E-state index < -0.39 is 0 Å². The minimum atomic E-state index is -0.0628. The fourth-order valence-corrected chi connectivity index (χ4v) is 3.50. The van der Waals surface area contributed by atoms with E-state index in [1.54, 1.807) is 6.08 Å². The highest BCUT2D eigenvalue weighted by Gasteiger charge is 2.21. The van der Waals surface area contributed by atoms with Gasteiger partial charge in [-0.15, -0.1) is 0 Å². The molecule has 2 saturated heterocycles. The Morgan fingerprint density at radius 2 is 1.85 bits per heavy atom. The molecule has 146 valence electrons. The fraction of sp³-hybridized carbons (Fsp3) is 0.524. The molecule has 1 N–H and O–H groups in total. The molecule has 0 spiro atoms. The topological polar surface area (TPSA) is 55.9 Å². The van der Waals surface area contributed by atoms with Crippen LogP contribution in [0.5, 0.6) is 0 Å². The van der Waals surface area contributed by atoms with Crippen molar-refractivity contribution in [3.05, 3.63) is 35.9 Å². The van der Waals surface area contributed by atoms with Crippen LogP contribution in [0.25, 0.3) is 6.08 Å². The third-order valence-electron chi connectivity index (χ3n) is 5.25. The zero-order chi connectivity index (χ0) is 19.1. The lowest BCUT2D eigenvalue weighted by atomic mass is 10.2. The normalized spacial score (nSPS) is 19.1. The summed E-state index contributed by atoms with van der Waals surface area (Å²) >= 11 is 0. The van der Waals surface area contributed by atoms with Gasteiger partial charge >= 0.3 is 0 Å². The van der Waals surface area contributed by atoms with E-state index in [0.29, 0.717) is 13.0 Å². The van der Waals surface area contributed by atoms with Gasteiger partial charge < -0.3 is 20.0 Å². The Morgan fingerprint density at radius 1 is 1.11 bits per heavy atom. The Bertz CT molecular complexity index is 663. The van der Waals surface area contributed by atoms with Crippen LogP contribution in [0.4, 0.5) is 5.69 Å². The number of hydrogen-bond donors (Lipinski definition) is 1. The van der Waals surface area contributed by atoms with Crippen molar-refractivity contribution < 1.29 is 9.59 Å². The third kappa shape index (κ3) is 5.91. The van der Waals surface area contributed by atoms with Gasteiger partial charge in [0, 0.05) is 57.5 Å². The van der Waals surface area contributed by atoms with Gasteiger partial charge in [-0.3, -0.25) is 9.59 Å². The number of nitrogens with one attached hydrogen (secondary N) is 1. The molecule has 2 heterocycles. The van der Waals surface area contributed by atoms with Crippen molar-refractivity contribution in [3.8, 4) is 0 Å². The maximum Gasteiger partial charge on any atom is 0.243 e. The van der Waals surface area contributed by atoms with Crippen molar-refractivity contribution in [2.45, 2.75) is 19.3 Å². The molecule has 6 nitrogen and oxygen atoms in total. The molecule has 0 radical (unpaired) electrons. The average molecular weight is 370 g/mol. The van der Waals surface area contributed by atoms with Gasteiger partial charge in [-0.1, -0.05) is 12.1 Å². The van der Waals surface area contributed by atoms with Gasteiger partial charge in [0.1, 0.15) is 0 Å². The van der Waals surface area contributed by atoms with Gasteiger partial charge in [0.25, 0.3) is 0 Å². The second-order valence-electron chi connectivity index (χ2n) is 7.36. The van der Waals surface area contributed by atoms with Crippen molar-refractivity contribution in [2.24, 2.45) is 0 Å². The van der Waals surface area contributed by atoms with Crippen LogP contribution in [0.2, 0.25) is 0 Å². The Morgan fingerprint density at radius 3 is 2.52 bits per heavy atom. The summed E-state index contributed by atoms with van der Waals surface area (Å²) in [6.07, 6.45) is 5.92. The van der Waals surface area contributed by atoms with Crippen LogP contribution < -0.4 is 10.2 Å². The Balaban J connectivity index is 1.36. The minimum absolute atomic E-state index is 0.0628. The summed E-state index contributed by atoms with van der Waals surface area (Å²) in [6, 6.07) is 7.77. The number of benzene rings is 1. The van der Waals surface area contributed by atoms with E-state index in [1.807, 2.05) is 35.2 Å². The largest absolute Gasteiger partial charge is 0.353 e. The number of hydrogen-bond acceptors (Lipinski definition) is 4. The molecule has 0 unspecified atom stereocenters. The number of piperazine rings is 1. The molecule has 0 saturated carbocycles. The van der Waals surface area contributed by atoms with Crippen LogP contribution in [0.1, 0.15) is 24.8 Å². The number of nitrogens with zero attached hydrogens (tertiary/aromatic N) is 3. The Kier molecular flexibility index (Phi) is 7.01. The number of amides is 2. The first-order valence-corrected chi connectivity index (χ1v) is 9.89. The molecular formula is C21H30N4O2. The van der Waals surface area contributed by atoms with Crippen LogP contribution in [0, 0.1) is 0 Å². The van der Waals surface area contributed by atoms with E-state index in [1.165, 1.54) is 0 Å². The van der Waals surface area contributed by atoms with E-state index in [9.17, 15) is 9.59 Å². The van der Waals surface area contributed by atoms with Crippen molar-refractivity contribution in [1.29, 1.82) is 0 Å². The zero-order valence-electron chi connectivity index (χ0n) is 16.2. The third-order valence-corrected chi connectivity index (χ3v) is 5.25. The first kappa shape index (κ1) is 19.6. The molecule has 0 aliphatic carbocycles. The Labute approximate surface area is 161 Å². The molecule has 2 amide bonds. The van der Waals surface area contributed by atoms with E-state index in [0.717, 1.165) is 63.4 Å². The quantitative estimate of drug-likeness (QED) is 0.585. The van der Waals surface area contributed by atoms with Gasteiger partial charge in [-0.25, -0.2) is 0 Å².